The Kier molecular flexibility index (Phi) is 3.96. The zero-order valence-corrected chi connectivity index (χ0v) is 11.9. The molecule has 0 saturated heterocycles. The minimum absolute atomic E-state index is 0.131. The molecule has 0 aromatic heterocycles. The average Bonchev–Trinajstić information content (AvgIpc) is 2.55. The van der Waals surface area contributed by atoms with Gasteiger partial charge in [-0.25, -0.2) is 8.78 Å². The number of allylic oxidation sites excluding steroid dienone is 4. The molecule has 0 bridgehead atoms. The van der Waals surface area contributed by atoms with Crippen molar-refractivity contribution in [1.29, 1.82) is 0 Å². The van der Waals surface area contributed by atoms with Crippen molar-refractivity contribution in [2.45, 2.75) is 12.8 Å². The molecule has 3 heteroatoms. The van der Waals surface area contributed by atoms with Crippen molar-refractivity contribution in [2.75, 3.05) is 0 Å². The Balaban J connectivity index is 2.07. The summed E-state index contributed by atoms with van der Waals surface area (Å²) in [5, 5.41) is 0. The molecule has 0 aliphatic heterocycles. The summed E-state index contributed by atoms with van der Waals surface area (Å²) in [5.74, 6) is -0.430. The number of halogens is 2. The molecular weight excluding hydrogens is 282 g/mol. The van der Waals surface area contributed by atoms with E-state index in [4.69, 9.17) is 0 Å². The zero-order chi connectivity index (χ0) is 15.5. The molecule has 2 aromatic rings. The molecule has 1 nitrogen and oxygen atoms in total. The van der Waals surface area contributed by atoms with E-state index < -0.39 is 0 Å². The summed E-state index contributed by atoms with van der Waals surface area (Å²) < 4.78 is 26.2. The summed E-state index contributed by atoms with van der Waals surface area (Å²) >= 11 is 0. The summed E-state index contributed by atoms with van der Waals surface area (Å²) in [4.78, 5) is 11.2. The van der Waals surface area contributed by atoms with Crippen LogP contribution in [0.2, 0.25) is 0 Å². The maximum Gasteiger partial charge on any atom is 0.150 e. The number of rotatable bonds is 3. The lowest BCUT2D eigenvalue weighted by atomic mass is 9.92. The molecular formula is C19H14F2O. The van der Waals surface area contributed by atoms with Crippen molar-refractivity contribution in [3.63, 3.8) is 0 Å². The van der Waals surface area contributed by atoms with Gasteiger partial charge < -0.3 is 0 Å². The Hall–Kier alpha value is -2.55. The summed E-state index contributed by atoms with van der Waals surface area (Å²) in [6, 6.07) is 11.6. The van der Waals surface area contributed by atoms with E-state index in [0.717, 1.165) is 28.5 Å². The maximum atomic E-state index is 13.1. The van der Waals surface area contributed by atoms with Crippen LogP contribution in [0.15, 0.2) is 60.4 Å². The molecule has 0 heterocycles. The molecule has 1 aliphatic carbocycles. The fourth-order valence-corrected chi connectivity index (χ4v) is 2.57. The lowest BCUT2D eigenvalue weighted by molar-refractivity contribution is 0.112. The first-order chi connectivity index (χ1) is 10.7. The van der Waals surface area contributed by atoms with Gasteiger partial charge in [0.05, 0.1) is 0 Å². The maximum absolute atomic E-state index is 13.1. The molecule has 110 valence electrons. The number of aldehydes is 1. The van der Waals surface area contributed by atoms with Crippen LogP contribution in [0.3, 0.4) is 0 Å². The van der Waals surface area contributed by atoms with E-state index in [-0.39, 0.29) is 11.6 Å². The van der Waals surface area contributed by atoms with Gasteiger partial charge in [-0.1, -0.05) is 18.2 Å². The van der Waals surface area contributed by atoms with Crippen LogP contribution in [0.4, 0.5) is 8.78 Å². The molecule has 3 rings (SSSR count). The number of hydrogen-bond donors (Lipinski definition) is 0. The van der Waals surface area contributed by atoms with Crippen LogP contribution < -0.4 is 0 Å². The first kappa shape index (κ1) is 14.4. The number of benzene rings is 2. The second kappa shape index (κ2) is 6.06. The van der Waals surface area contributed by atoms with Crippen LogP contribution in [0.1, 0.15) is 28.8 Å². The first-order valence-electron chi connectivity index (χ1n) is 7.07. The fraction of sp³-hybridized carbons (Fsp3) is 0.105. The van der Waals surface area contributed by atoms with Gasteiger partial charge in [-0.3, -0.25) is 4.79 Å². The molecule has 0 spiro atoms. The van der Waals surface area contributed by atoms with Crippen molar-refractivity contribution < 1.29 is 13.6 Å². The number of carbonyl (C=O) groups excluding carboxylic acids is 1. The van der Waals surface area contributed by atoms with Crippen LogP contribution >= 0.6 is 0 Å². The second-order valence-electron chi connectivity index (χ2n) is 5.27. The Bertz CT molecular complexity index is 771. The number of hydrogen-bond acceptors (Lipinski definition) is 1. The summed E-state index contributed by atoms with van der Waals surface area (Å²) in [7, 11) is 0. The Morgan fingerprint density at radius 2 is 1.55 bits per heavy atom. The van der Waals surface area contributed by atoms with Gasteiger partial charge in [0.2, 0.25) is 0 Å². The van der Waals surface area contributed by atoms with Crippen molar-refractivity contribution in [1.82, 2.24) is 0 Å². The van der Waals surface area contributed by atoms with Gasteiger partial charge in [0, 0.05) is 12.0 Å². The van der Waals surface area contributed by atoms with Crippen molar-refractivity contribution in [2.24, 2.45) is 0 Å². The zero-order valence-electron chi connectivity index (χ0n) is 11.9. The highest BCUT2D eigenvalue weighted by Crippen LogP contribution is 2.31. The minimum Gasteiger partial charge on any atom is -0.298 e. The van der Waals surface area contributed by atoms with E-state index in [1.807, 2.05) is 6.07 Å². The largest absolute Gasteiger partial charge is 0.298 e. The molecule has 0 radical (unpaired) electrons. The standard InChI is InChI=1S/C19H14F2O/c20-18-5-1-14(2-6-18)16-9-13(12-22)10-17(11-16)15-3-7-19(21)8-4-15/h1-3,5-7,9-12H,4,8H2. The van der Waals surface area contributed by atoms with E-state index in [2.05, 4.69) is 0 Å². The highest BCUT2D eigenvalue weighted by Gasteiger charge is 2.11. The lowest BCUT2D eigenvalue weighted by Gasteiger charge is -2.13. The molecule has 0 unspecified atom stereocenters. The predicted molar refractivity (Wildman–Crippen MR) is 83.6 cm³/mol. The summed E-state index contributed by atoms with van der Waals surface area (Å²) in [5.41, 5.74) is 4.12. The molecule has 0 amide bonds. The smallest absolute Gasteiger partial charge is 0.150 e. The minimum atomic E-state index is -0.300. The second-order valence-corrected chi connectivity index (χ2v) is 5.27. The fourth-order valence-electron chi connectivity index (χ4n) is 2.57. The third-order valence-corrected chi connectivity index (χ3v) is 3.74. The van der Waals surface area contributed by atoms with E-state index in [1.54, 1.807) is 30.3 Å². The topological polar surface area (TPSA) is 17.1 Å². The molecule has 0 N–H and O–H groups in total. The number of carbonyl (C=O) groups is 1. The summed E-state index contributed by atoms with van der Waals surface area (Å²) in [6.45, 7) is 0. The predicted octanol–water partition coefficient (Wildman–Crippen LogP) is 5.34. The van der Waals surface area contributed by atoms with Gasteiger partial charge in [0.1, 0.15) is 17.9 Å². The normalized spacial score (nSPS) is 14.3. The Morgan fingerprint density at radius 1 is 0.818 bits per heavy atom. The van der Waals surface area contributed by atoms with Gasteiger partial charge in [-0.05, 0) is 65.1 Å². The van der Waals surface area contributed by atoms with Crippen molar-refractivity contribution in [3.05, 3.63) is 77.4 Å². The van der Waals surface area contributed by atoms with Gasteiger partial charge in [-0.2, -0.15) is 0 Å². The molecule has 0 atom stereocenters. The van der Waals surface area contributed by atoms with Crippen molar-refractivity contribution >= 4 is 11.9 Å². The Morgan fingerprint density at radius 3 is 2.18 bits per heavy atom. The highest BCUT2D eigenvalue weighted by atomic mass is 19.1. The van der Waals surface area contributed by atoms with E-state index >= 15 is 0 Å². The van der Waals surface area contributed by atoms with Crippen LogP contribution in [0, 0.1) is 5.82 Å². The van der Waals surface area contributed by atoms with E-state index in [9.17, 15) is 13.6 Å². The van der Waals surface area contributed by atoms with E-state index in [0.29, 0.717) is 18.4 Å². The lowest BCUT2D eigenvalue weighted by Crippen LogP contribution is -1.94. The molecule has 1 aliphatic rings. The summed E-state index contributed by atoms with van der Waals surface area (Å²) in [6.07, 6.45) is 4.98. The van der Waals surface area contributed by atoms with Crippen LogP contribution in [0.25, 0.3) is 16.7 Å². The van der Waals surface area contributed by atoms with Crippen LogP contribution in [-0.2, 0) is 0 Å². The molecule has 0 fully saturated rings. The first-order valence-corrected chi connectivity index (χ1v) is 7.07. The third kappa shape index (κ3) is 3.03. The van der Waals surface area contributed by atoms with E-state index in [1.165, 1.54) is 18.2 Å². The van der Waals surface area contributed by atoms with Crippen molar-refractivity contribution in [3.8, 4) is 11.1 Å². The highest BCUT2D eigenvalue weighted by molar-refractivity contribution is 5.83. The third-order valence-electron chi connectivity index (χ3n) is 3.74. The molecule has 22 heavy (non-hydrogen) atoms. The van der Waals surface area contributed by atoms with Crippen LogP contribution in [0.5, 0.6) is 0 Å². The average molecular weight is 296 g/mol. The van der Waals surface area contributed by atoms with Gasteiger partial charge in [0.25, 0.3) is 0 Å². The van der Waals surface area contributed by atoms with Crippen LogP contribution in [-0.4, -0.2) is 6.29 Å². The van der Waals surface area contributed by atoms with Gasteiger partial charge in [0.15, 0.2) is 0 Å². The Labute approximate surface area is 127 Å². The van der Waals surface area contributed by atoms with Gasteiger partial charge in [-0.15, -0.1) is 0 Å². The SMILES string of the molecule is O=Cc1cc(C2=CC=C(F)CC2)cc(-c2ccc(F)cc2)c1. The molecule has 0 saturated carbocycles. The quantitative estimate of drug-likeness (QED) is 0.699. The monoisotopic (exact) mass is 296 g/mol. The molecule has 2 aromatic carbocycles. The van der Waals surface area contributed by atoms with Gasteiger partial charge >= 0.3 is 0 Å².